The summed E-state index contributed by atoms with van der Waals surface area (Å²) >= 11 is 0. The number of aromatic nitrogens is 1. The van der Waals surface area contributed by atoms with Gasteiger partial charge in [-0.2, -0.15) is 0 Å². The zero-order valence-corrected chi connectivity index (χ0v) is 15.7. The van der Waals surface area contributed by atoms with E-state index in [9.17, 15) is 14.3 Å². The molecule has 7 nitrogen and oxygen atoms in total. The Morgan fingerprint density at radius 2 is 2.18 bits per heavy atom. The number of halogens is 1. The summed E-state index contributed by atoms with van der Waals surface area (Å²) in [7, 11) is 1.36. The van der Waals surface area contributed by atoms with Gasteiger partial charge in [0.2, 0.25) is 5.89 Å². The van der Waals surface area contributed by atoms with E-state index < -0.39 is 23.5 Å². The third-order valence-electron chi connectivity index (χ3n) is 4.47. The van der Waals surface area contributed by atoms with E-state index in [1.807, 2.05) is 13.0 Å². The van der Waals surface area contributed by atoms with Crippen LogP contribution in [0, 0.1) is 5.82 Å². The normalized spacial score (nSPS) is 17.1. The Hall–Kier alpha value is -2.71. The molecule has 8 heteroatoms. The second-order valence-corrected chi connectivity index (χ2v) is 6.59. The molecule has 0 saturated carbocycles. The highest BCUT2D eigenvalue weighted by Gasteiger charge is 2.29. The van der Waals surface area contributed by atoms with Crippen LogP contribution >= 0.6 is 0 Å². The maximum atomic E-state index is 14.1. The van der Waals surface area contributed by atoms with Gasteiger partial charge in [0.25, 0.3) is 0 Å². The van der Waals surface area contributed by atoms with Crippen molar-refractivity contribution in [2.24, 2.45) is 0 Å². The van der Waals surface area contributed by atoms with Crippen molar-refractivity contribution in [1.29, 1.82) is 0 Å². The predicted molar refractivity (Wildman–Crippen MR) is 97.5 cm³/mol. The van der Waals surface area contributed by atoms with Crippen LogP contribution in [-0.2, 0) is 14.3 Å². The minimum atomic E-state index is -1.04. The predicted octanol–water partition coefficient (Wildman–Crippen LogP) is 3.60. The molecular formula is C20H22FNO6. The van der Waals surface area contributed by atoms with Crippen molar-refractivity contribution in [2.75, 3.05) is 20.3 Å². The number of hydrogen-bond acceptors (Lipinski definition) is 6. The van der Waals surface area contributed by atoms with E-state index in [1.165, 1.54) is 25.5 Å². The van der Waals surface area contributed by atoms with E-state index in [0.717, 1.165) is 0 Å². The zero-order valence-electron chi connectivity index (χ0n) is 15.7. The van der Waals surface area contributed by atoms with Crippen LogP contribution < -0.4 is 4.74 Å². The maximum absolute atomic E-state index is 14.1. The lowest BCUT2D eigenvalue weighted by atomic mass is 9.95. The quantitative estimate of drug-likeness (QED) is 0.735. The first-order valence-corrected chi connectivity index (χ1v) is 8.85. The molecule has 1 atom stereocenters. The van der Waals surface area contributed by atoms with Crippen molar-refractivity contribution < 1.29 is 32.9 Å². The smallest absolute Gasteiger partial charge is 0.304 e. The van der Waals surface area contributed by atoms with Crippen LogP contribution in [0.3, 0.4) is 0 Å². The number of oxazole rings is 1. The summed E-state index contributed by atoms with van der Waals surface area (Å²) < 4.78 is 35.5. The monoisotopic (exact) mass is 391 g/mol. The number of nitrogens with zero attached hydrogens (tertiary/aromatic N) is 1. The minimum Gasteiger partial charge on any atom is -0.494 e. The van der Waals surface area contributed by atoms with Gasteiger partial charge in [-0.05, 0) is 30.7 Å². The Morgan fingerprint density at radius 1 is 1.43 bits per heavy atom. The third-order valence-corrected chi connectivity index (χ3v) is 4.47. The van der Waals surface area contributed by atoms with E-state index >= 15 is 0 Å². The molecule has 0 aliphatic carbocycles. The lowest BCUT2D eigenvalue weighted by Gasteiger charge is -2.19. The first kappa shape index (κ1) is 20.0. The van der Waals surface area contributed by atoms with Gasteiger partial charge in [0.15, 0.2) is 17.4 Å². The van der Waals surface area contributed by atoms with Gasteiger partial charge in [-0.15, -0.1) is 0 Å². The highest BCUT2D eigenvalue weighted by atomic mass is 19.1. The van der Waals surface area contributed by atoms with Gasteiger partial charge >= 0.3 is 5.97 Å². The third kappa shape index (κ3) is 4.76. The number of aliphatic carboxylic acids is 1. The van der Waals surface area contributed by atoms with Crippen molar-refractivity contribution in [3.8, 4) is 5.75 Å². The van der Waals surface area contributed by atoms with Gasteiger partial charge in [0, 0.05) is 6.42 Å². The summed E-state index contributed by atoms with van der Waals surface area (Å²) in [5.74, 6) is -2.70. The number of ether oxygens (including phenoxy) is 3. The lowest BCUT2D eigenvalue weighted by molar-refractivity contribution is -0.138. The van der Waals surface area contributed by atoms with Crippen LogP contribution in [0.2, 0.25) is 0 Å². The molecule has 150 valence electrons. The highest BCUT2D eigenvalue weighted by Crippen LogP contribution is 2.31. The number of hydrogen-bond donors (Lipinski definition) is 1. The molecular weight excluding hydrogens is 369 g/mol. The Balaban J connectivity index is 1.78. The fourth-order valence-corrected chi connectivity index (χ4v) is 3.03. The first-order chi connectivity index (χ1) is 13.4. The van der Waals surface area contributed by atoms with Gasteiger partial charge in [-0.3, -0.25) is 4.79 Å². The molecule has 1 aliphatic rings. The summed E-state index contributed by atoms with van der Waals surface area (Å²) in [4.78, 5) is 15.6. The Labute approximate surface area is 161 Å². The fraction of sp³-hybridized carbons (Fsp3) is 0.400. The van der Waals surface area contributed by atoms with Crippen LogP contribution in [0.4, 0.5) is 4.39 Å². The topological polar surface area (TPSA) is 91.0 Å². The molecule has 1 aromatic carbocycles. The Kier molecular flexibility index (Phi) is 6.11. The molecule has 1 N–H and O–H groups in total. The largest absolute Gasteiger partial charge is 0.494 e. The molecule has 28 heavy (non-hydrogen) atoms. The first-order valence-electron chi connectivity index (χ1n) is 8.85. The van der Waals surface area contributed by atoms with E-state index in [0.29, 0.717) is 30.9 Å². The molecule has 1 unspecified atom stereocenters. The molecule has 2 heterocycles. The van der Waals surface area contributed by atoms with E-state index in [4.69, 9.17) is 18.6 Å². The summed E-state index contributed by atoms with van der Waals surface area (Å²) in [6.45, 7) is 2.99. The summed E-state index contributed by atoms with van der Waals surface area (Å²) in [6.07, 6.45) is 5.29. The highest BCUT2D eigenvalue weighted by molar-refractivity contribution is 5.68. The Bertz CT molecular complexity index is 856. The molecule has 1 saturated heterocycles. The van der Waals surface area contributed by atoms with Crippen LogP contribution in [0.1, 0.15) is 42.8 Å². The van der Waals surface area contributed by atoms with Gasteiger partial charge in [-0.25, -0.2) is 9.37 Å². The summed E-state index contributed by atoms with van der Waals surface area (Å²) in [5.41, 5.74) is 0.972. The SMILES string of the molecule is COc1ccc(C(CC(=O)O)c2nc(/C=C/CC3(C)OCCO3)co2)cc1F. The molecule has 0 spiro atoms. The zero-order chi connectivity index (χ0) is 20.1. The summed E-state index contributed by atoms with van der Waals surface area (Å²) in [5, 5.41) is 9.24. The number of benzene rings is 1. The van der Waals surface area contributed by atoms with Crippen molar-refractivity contribution in [2.45, 2.75) is 31.5 Å². The van der Waals surface area contributed by atoms with Crippen molar-refractivity contribution in [3.05, 3.63) is 53.5 Å². The molecule has 1 fully saturated rings. The van der Waals surface area contributed by atoms with E-state index in [2.05, 4.69) is 4.98 Å². The van der Waals surface area contributed by atoms with Crippen molar-refractivity contribution >= 4 is 12.0 Å². The molecule has 1 aromatic heterocycles. The van der Waals surface area contributed by atoms with Gasteiger partial charge < -0.3 is 23.7 Å². The molecule has 0 radical (unpaired) electrons. The van der Waals surface area contributed by atoms with Crippen molar-refractivity contribution in [1.82, 2.24) is 4.98 Å². The van der Waals surface area contributed by atoms with Gasteiger partial charge in [0.05, 0.1) is 32.7 Å². The number of methoxy groups -OCH3 is 1. The number of carboxylic acid groups (broad SMARTS) is 1. The molecule has 0 amide bonds. The standard InChI is InChI=1S/C20H22FNO6/c1-20(27-8-9-28-20)7-3-4-14-12-26-19(22-14)15(11-18(23)24)13-5-6-17(25-2)16(21)10-13/h3-6,10,12,15H,7-9,11H2,1-2H3,(H,23,24)/b4-3+. The number of carbonyl (C=O) groups is 1. The minimum absolute atomic E-state index is 0.0821. The van der Waals surface area contributed by atoms with Gasteiger partial charge in [0.1, 0.15) is 12.0 Å². The van der Waals surface area contributed by atoms with E-state index in [-0.39, 0.29) is 18.1 Å². The molecule has 3 rings (SSSR count). The fourth-order valence-electron chi connectivity index (χ4n) is 3.03. The summed E-state index contributed by atoms with van der Waals surface area (Å²) in [6, 6.07) is 4.29. The van der Waals surface area contributed by atoms with Crippen LogP contribution in [0.25, 0.3) is 6.08 Å². The molecule has 1 aliphatic heterocycles. The number of rotatable bonds is 8. The maximum Gasteiger partial charge on any atom is 0.304 e. The van der Waals surface area contributed by atoms with Crippen LogP contribution in [-0.4, -0.2) is 42.2 Å². The molecule has 0 bridgehead atoms. The molecule has 2 aromatic rings. The second kappa shape index (κ2) is 8.53. The number of carboxylic acids is 1. The Morgan fingerprint density at radius 3 is 2.82 bits per heavy atom. The van der Waals surface area contributed by atoms with Crippen LogP contribution in [0.5, 0.6) is 5.75 Å². The average molecular weight is 391 g/mol. The second-order valence-electron chi connectivity index (χ2n) is 6.59. The van der Waals surface area contributed by atoms with Crippen molar-refractivity contribution in [3.63, 3.8) is 0 Å². The van der Waals surface area contributed by atoms with E-state index in [1.54, 1.807) is 12.1 Å². The van der Waals surface area contributed by atoms with Crippen LogP contribution in [0.15, 0.2) is 35.0 Å². The lowest BCUT2D eigenvalue weighted by Crippen LogP contribution is -2.24. The van der Waals surface area contributed by atoms with Gasteiger partial charge in [-0.1, -0.05) is 12.1 Å². The average Bonchev–Trinajstić information content (AvgIpc) is 3.29.